The number of para-hydroxylation sites is 1. The Labute approximate surface area is 81.3 Å². The fraction of sp³-hybridized carbons (Fsp3) is 0.143. The molecule has 2 nitrogen and oxygen atoms in total. The van der Waals surface area contributed by atoms with Crippen LogP contribution in [-0.2, 0) is 6.18 Å². The molecule has 1 aromatic rings. The first kappa shape index (κ1) is 10.2. The summed E-state index contributed by atoms with van der Waals surface area (Å²) in [6.45, 7) is 0. The third-order valence-corrected chi connectivity index (χ3v) is 1.94. The molecule has 0 saturated carbocycles. The molecule has 0 radical (unpaired) electrons. The van der Waals surface area contributed by atoms with Crippen molar-refractivity contribution < 1.29 is 13.2 Å². The first-order valence-electron chi connectivity index (χ1n) is 3.29. The lowest BCUT2D eigenvalue weighted by atomic mass is 10.1. The van der Waals surface area contributed by atoms with E-state index in [-0.39, 0.29) is 11.4 Å². The smallest absolute Gasteiger partial charge is 0.397 e. The molecular weight excluding hydrogens is 249 g/mol. The molecule has 6 heteroatoms. The van der Waals surface area contributed by atoms with E-state index in [0.717, 1.165) is 6.07 Å². The Morgan fingerprint density at radius 1 is 1.31 bits per heavy atom. The first-order valence-corrected chi connectivity index (χ1v) is 4.08. The number of nitrogen functional groups attached to an aromatic ring is 1. The van der Waals surface area contributed by atoms with E-state index in [4.69, 9.17) is 5.73 Å². The minimum Gasteiger partial charge on any atom is -0.397 e. The predicted octanol–water partition coefficient (Wildman–Crippen LogP) is 3.01. The molecule has 13 heavy (non-hydrogen) atoms. The van der Waals surface area contributed by atoms with Crippen LogP contribution >= 0.6 is 16.1 Å². The molecule has 0 amide bonds. The molecule has 0 fully saturated rings. The molecule has 0 aliphatic heterocycles. The number of hydrogen-bond donors (Lipinski definition) is 2. The lowest BCUT2D eigenvalue weighted by Crippen LogP contribution is -2.09. The lowest BCUT2D eigenvalue weighted by Gasteiger charge is -2.11. The molecule has 1 rings (SSSR count). The van der Waals surface area contributed by atoms with Crippen molar-refractivity contribution in [2.45, 2.75) is 6.18 Å². The second-order valence-electron chi connectivity index (χ2n) is 2.36. The average Bonchev–Trinajstić information content (AvgIpc) is 2.02. The van der Waals surface area contributed by atoms with Gasteiger partial charge in [0.25, 0.3) is 0 Å². The molecule has 3 N–H and O–H groups in total. The van der Waals surface area contributed by atoms with Gasteiger partial charge in [-0.05, 0) is 12.1 Å². The predicted molar refractivity (Wildman–Crippen MR) is 48.4 cm³/mol. The van der Waals surface area contributed by atoms with Crippen molar-refractivity contribution in [3.8, 4) is 0 Å². The van der Waals surface area contributed by atoms with E-state index >= 15 is 0 Å². The standard InChI is InChI=1S/C7H6BrF3N2/c8-13-5-3-1-2-4(6(5)12)7(9,10)11/h1-3,13H,12H2. The van der Waals surface area contributed by atoms with Crippen molar-refractivity contribution in [1.82, 2.24) is 0 Å². The first-order chi connectivity index (χ1) is 5.96. The van der Waals surface area contributed by atoms with E-state index in [9.17, 15) is 13.2 Å². The van der Waals surface area contributed by atoms with Gasteiger partial charge in [0.15, 0.2) is 0 Å². The number of anilines is 2. The Balaban J connectivity index is 3.24. The van der Waals surface area contributed by atoms with E-state index in [1.165, 1.54) is 12.1 Å². The summed E-state index contributed by atoms with van der Waals surface area (Å²) in [5.41, 5.74) is 4.32. The van der Waals surface area contributed by atoms with E-state index in [0.29, 0.717) is 0 Å². The van der Waals surface area contributed by atoms with Crippen LogP contribution < -0.4 is 10.1 Å². The molecule has 1 aromatic carbocycles. The van der Waals surface area contributed by atoms with Crippen molar-refractivity contribution in [2.75, 3.05) is 10.1 Å². The van der Waals surface area contributed by atoms with Crippen LogP contribution in [0.4, 0.5) is 24.5 Å². The third kappa shape index (κ3) is 2.06. The second kappa shape index (κ2) is 3.45. The Hall–Kier alpha value is -0.910. The highest BCUT2D eigenvalue weighted by molar-refractivity contribution is 9.10. The molecule has 72 valence electrons. The van der Waals surface area contributed by atoms with Gasteiger partial charge in [-0.15, -0.1) is 0 Å². The van der Waals surface area contributed by atoms with Crippen molar-refractivity contribution in [2.24, 2.45) is 0 Å². The number of nitrogens with one attached hydrogen (secondary N) is 1. The molecule has 0 saturated heterocycles. The number of alkyl halides is 3. The van der Waals surface area contributed by atoms with Crippen molar-refractivity contribution in [3.05, 3.63) is 23.8 Å². The number of benzene rings is 1. The van der Waals surface area contributed by atoms with Gasteiger partial charge in [-0.25, -0.2) is 0 Å². The zero-order valence-corrected chi connectivity index (χ0v) is 7.91. The summed E-state index contributed by atoms with van der Waals surface area (Å²) in [5, 5.41) is 0. The maximum absolute atomic E-state index is 12.2. The topological polar surface area (TPSA) is 38.0 Å². The second-order valence-corrected chi connectivity index (χ2v) is 2.76. The molecule has 0 heterocycles. The van der Waals surface area contributed by atoms with Crippen LogP contribution in [0.3, 0.4) is 0 Å². The number of nitrogens with two attached hydrogens (primary N) is 1. The van der Waals surface area contributed by atoms with Crippen LogP contribution in [0.1, 0.15) is 5.56 Å². The zero-order chi connectivity index (χ0) is 10.1. The molecule has 0 aliphatic rings. The minimum absolute atomic E-state index is 0.204. The summed E-state index contributed by atoms with van der Waals surface area (Å²) in [6, 6.07) is 3.66. The van der Waals surface area contributed by atoms with Crippen molar-refractivity contribution in [3.63, 3.8) is 0 Å². The minimum atomic E-state index is -4.41. The summed E-state index contributed by atoms with van der Waals surface area (Å²) in [6.07, 6.45) is -4.41. The summed E-state index contributed by atoms with van der Waals surface area (Å²) in [5.74, 6) is 0. The van der Waals surface area contributed by atoms with Gasteiger partial charge in [0.05, 0.1) is 16.9 Å². The molecule has 0 bridgehead atoms. The fourth-order valence-electron chi connectivity index (χ4n) is 0.895. The zero-order valence-electron chi connectivity index (χ0n) is 6.32. The van der Waals surface area contributed by atoms with Crippen LogP contribution in [0.15, 0.2) is 18.2 Å². The highest BCUT2D eigenvalue weighted by Crippen LogP contribution is 2.36. The maximum atomic E-state index is 12.2. The number of rotatable bonds is 1. The van der Waals surface area contributed by atoms with Crippen LogP contribution in [0.5, 0.6) is 0 Å². The molecular formula is C7H6BrF3N2. The third-order valence-electron chi connectivity index (χ3n) is 1.51. The van der Waals surface area contributed by atoms with Gasteiger partial charge in [-0.3, -0.25) is 0 Å². The van der Waals surface area contributed by atoms with E-state index in [2.05, 4.69) is 20.5 Å². The molecule has 0 aliphatic carbocycles. The van der Waals surface area contributed by atoms with Crippen LogP contribution in [0, 0.1) is 0 Å². The molecule has 0 unspecified atom stereocenters. The average molecular weight is 255 g/mol. The van der Waals surface area contributed by atoms with Crippen LogP contribution in [-0.4, -0.2) is 0 Å². The molecule has 0 atom stereocenters. The molecule has 0 aromatic heterocycles. The van der Waals surface area contributed by atoms with Gasteiger partial charge < -0.3 is 10.1 Å². The van der Waals surface area contributed by atoms with Crippen LogP contribution in [0.25, 0.3) is 0 Å². The summed E-state index contributed by atoms with van der Waals surface area (Å²) < 4.78 is 39.1. The van der Waals surface area contributed by atoms with Crippen molar-refractivity contribution in [1.29, 1.82) is 0 Å². The van der Waals surface area contributed by atoms with Crippen molar-refractivity contribution >= 4 is 27.5 Å². The Bertz CT molecular complexity index is 311. The number of hydrogen-bond acceptors (Lipinski definition) is 2. The SMILES string of the molecule is Nc1c(NBr)cccc1C(F)(F)F. The van der Waals surface area contributed by atoms with Gasteiger partial charge in [0.2, 0.25) is 0 Å². The van der Waals surface area contributed by atoms with E-state index < -0.39 is 11.7 Å². The fourth-order valence-corrected chi connectivity index (χ4v) is 1.24. The Morgan fingerprint density at radius 2 is 1.92 bits per heavy atom. The summed E-state index contributed by atoms with van der Waals surface area (Å²) in [4.78, 5) is 0. The van der Waals surface area contributed by atoms with Gasteiger partial charge in [0, 0.05) is 16.1 Å². The lowest BCUT2D eigenvalue weighted by molar-refractivity contribution is -0.136. The highest BCUT2D eigenvalue weighted by atomic mass is 79.9. The molecule has 0 spiro atoms. The maximum Gasteiger partial charge on any atom is 0.418 e. The quantitative estimate of drug-likeness (QED) is 0.598. The van der Waals surface area contributed by atoms with Gasteiger partial charge in [0.1, 0.15) is 0 Å². The van der Waals surface area contributed by atoms with Crippen LogP contribution in [0.2, 0.25) is 0 Å². The Kier molecular flexibility index (Phi) is 2.70. The highest BCUT2D eigenvalue weighted by Gasteiger charge is 2.33. The normalized spacial score (nSPS) is 11.4. The summed E-state index contributed by atoms with van der Waals surface area (Å²) in [7, 11) is 0. The largest absolute Gasteiger partial charge is 0.418 e. The van der Waals surface area contributed by atoms with E-state index in [1.807, 2.05) is 0 Å². The Morgan fingerprint density at radius 3 is 2.38 bits per heavy atom. The van der Waals surface area contributed by atoms with Gasteiger partial charge >= 0.3 is 6.18 Å². The van der Waals surface area contributed by atoms with E-state index in [1.54, 1.807) is 0 Å². The monoisotopic (exact) mass is 254 g/mol. The number of halogens is 4. The van der Waals surface area contributed by atoms with Gasteiger partial charge in [-0.1, -0.05) is 6.07 Å². The summed E-state index contributed by atoms with van der Waals surface area (Å²) >= 11 is 2.81. The van der Waals surface area contributed by atoms with Gasteiger partial charge in [-0.2, -0.15) is 13.2 Å².